The van der Waals surface area contributed by atoms with Crippen LogP contribution in [0.4, 0.5) is 0 Å². The van der Waals surface area contributed by atoms with Crippen molar-refractivity contribution in [1.29, 1.82) is 0 Å². The van der Waals surface area contributed by atoms with Crippen molar-refractivity contribution in [3.63, 3.8) is 0 Å². The van der Waals surface area contributed by atoms with Crippen molar-refractivity contribution in [2.45, 2.75) is 14.8 Å². The van der Waals surface area contributed by atoms with Crippen LogP contribution in [0.25, 0.3) is 0 Å². The van der Waals surface area contributed by atoms with Gasteiger partial charge >= 0.3 is 95.4 Å². The van der Waals surface area contributed by atoms with Crippen molar-refractivity contribution >= 4 is 32.4 Å². The molecule has 0 saturated heterocycles. The standard InChI is InChI=1S/C5H8N3O2S.3CH3.Sn/c1-7(2)11(9,10)8-4-3-6-5-8;;;;/h3-4H,1-2H3;3*1H3;. The van der Waals surface area contributed by atoms with E-state index in [1.807, 2.05) is 0 Å². The molecule has 1 aromatic heterocycles. The van der Waals surface area contributed by atoms with Gasteiger partial charge in [-0.3, -0.25) is 0 Å². The van der Waals surface area contributed by atoms with E-state index in [1.54, 1.807) is 6.20 Å². The zero-order chi connectivity index (χ0) is 11.9. The van der Waals surface area contributed by atoms with Gasteiger partial charge in [0.25, 0.3) is 0 Å². The number of aromatic nitrogens is 2. The molecule has 1 heterocycles. The van der Waals surface area contributed by atoms with Crippen LogP contribution in [0.2, 0.25) is 14.8 Å². The Kier molecular flexibility index (Phi) is 3.52. The van der Waals surface area contributed by atoms with Gasteiger partial charge in [-0.2, -0.15) is 0 Å². The summed E-state index contributed by atoms with van der Waals surface area (Å²) in [6.45, 7) is 0. The Balaban J connectivity index is 3.36. The minimum absolute atomic E-state index is 0.748. The molecule has 0 bridgehead atoms. The maximum absolute atomic E-state index is 11.9. The van der Waals surface area contributed by atoms with Gasteiger partial charge in [-0.25, -0.2) is 0 Å². The molecule has 1 aromatic rings. The summed E-state index contributed by atoms with van der Waals surface area (Å²) >= 11 is -2.47. The van der Waals surface area contributed by atoms with Crippen molar-refractivity contribution in [2.75, 3.05) is 14.1 Å². The van der Waals surface area contributed by atoms with E-state index in [4.69, 9.17) is 0 Å². The molecular formula is C8H17N3O2SSn. The van der Waals surface area contributed by atoms with Gasteiger partial charge in [0.15, 0.2) is 0 Å². The Morgan fingerprint density at radius 1 is 1.33 bits per heavy atom. The fraction of sp³-hybridized carbons (Fsp3) is 0.625. The van der Waals surface area contributed by atoms with E-state index >= 15 is 0 Å². The monoisotopic (exact) mass is 339 g/mol. The molecule has 0 amide bonds. The normalized spacial score (nSPS) is 13.5. The van der Waals surface area contributed by atoms with E-state index in [0.29, 0.717) is 0 Å². The quantitative estimate of drug-likeness (QED) is 0.734. The number of hydrogen-bond donors (Lipinski definition) is 0. The average Bonchev–Trinajstić information content (AvgIpc) is 2.49. The second-order valence-corrected chi connectivity index (χ2v) is 20.7. The number of imidazole rings is 1. The summed E-state index contributed by atoms with van der Waals surface area (Å²) in [7, 11) is -0.357. The molecule has 5 nitrogen and oxygen atoms in total. The zero-order valence-corrected chi connectivity index (χ0v) is 13.4. The third-order valence-corrected chi connectivity index (χ3v) is 9.05. The molecule has 0 aromatic carbocycles. The molecule has 7 heteroatoms. The summed E-state index contributed by atoms with van der Waals surface area (Å²) in [6.07, 6.45) is 3.07. The number of nitrogens with zero attached hydrogens (tertiary/aromatic N) is 3. The Hall–Kier alpha value is -0.0813. The molecule has 86 valence electrons. The molecule has 0 aliphatic rings. The van der Waals surface area contributed by atoms with Gasteiger partial charge in [0.1, 0.15) is 0 Å². The molecule has 0 N–H and O–H groups in total. The van der Waals surface area contributed by atoms with Gasteiger partial charge in [0.05, 0.1) is 0 Å². The molecular weight excluding hydrogens is 321 g/mol. The summed E-state index contributed by atoms with van der Waals surface area (Å²) in [6, 6.07) is 0. The third-order valence-electron chi connectivity index (χ3n) is 1.99. The first-order valence-corrected chi connectivity index (χ1v) is 16.0. The fourth-order valence-corrected chi connectivity index (χ4v) is 8.25. The van der Waals surface area contributed by atoms with Crippen LogP contribution in [0.3, 0.4) is 0 Å². The first-order chi connectivity index (χ1) is 6.67. The summed E-state index contributed by atoms with van der Waals surface area (Å²) in [5, 5.41) is 0. The van der Waals surface area contributed by atoms with E-state index in [2.05, 4.69) is 19.8 Å². The van der Waals surface area contributed by atoms with Crippen LogP contribution >= 0.6 is 0 Å². The first kappa shape index (κ1) is 13.0. The Labute approximate surface area is 95.2 Å². The summed E-state index contributed by atoms with van der Waals surface area (Å²) in [5.41, 5.74) is 0. The fourth-order valence-electron chi connectivity index (χ4n) is 1.18. The van der Waals surface area contributed by atoms with Gasteiger partial charge < -0.3 is 0 Å². The van der Waals surface area contributed by atoms with E-state index in [0.717, 1.165) is 3.84 Å². The SMILES string of the molecule is CN(C)S(=O)(=O)n1ccn[c]1[Sn]([CH3])([CH3])[CH3]. The molecule has 0 fully saturated rings. The van der Waals surface area contributed by atoms with Gasteiger partial charge in [-0.15, -0.1) is 0 Å². The van der Waals surface area contributed by atoms with E-state index in [9.17, 15) is 8.42 Å². The van der Waals surface area contributed by atoms with Crippen LogP contribution in [-0.4, -0.2) is 54.2 Å². The molecule has 0 aliphatic carbocycles. The van der Waals surface area contributed by atoms with Crippen LogP contribution in [0.1, 0.15) is 0 Å². The Morgan fingerprint density at radius 2 is 1.87 bits per heavy atom. The zero-order valence-electron chi connectivity index (χ0n) is 9.72. The molecule has 15 heavy (non-hydrogen) atoms. The van der Waals surface area contributed by atoms with Gasteiger partial charge in [-0.1, -0.05) is 0 Å². The summed E-state index contributed by atoms with van der Waals surface area (Å²) in [5.74, 6) is 0. The molecule has 0 unspecified atom stereocenters. The number of hydrogen-bond acceptors (Lipinski definition) is 3. The van der Waals surface area contributed by atoms with Crippen molar-refractivity contribution in [2.24, 2.45) is 0 Å². The van der Waals surface area contributed by atoms with Crippen molar-refractivity contribution in [3.05, 3.63) is 12.4 Å². The van der Waals surface area contributed by atoms with E-state index in [1.165, 1.54) is 28.6 Å². The molecule has 0 radical (unpaired) electrons. The van der Waals surface area contributed by atoms with Crippen molar-refractivity contribution in [1.82, 2.24) is 13.3 Å². The predicted octanol–water partition coefficient (Wildman–Crippen LogP) is 0.0828. The average molecular weight is 338 g/mol. The second kappa shape index (κ2) is 4.06. The van der Waals surface area contributed by atoms with Crippen molar-refractivity contribution in [3.8, 4) is 0 Å². The summed E-state index contributed by atoms with van der Waals surface area (Å²) in [4.78, 5) is 10.6. The second-order valence-electron chi connectivity index (χ2n) is 4.59. The van der Waals surface area contributed by atoms with Crippen LogP contribution < -0.4 is 3.84 Å². The van der Waals surface area contributed by atoms with E-state index in [-0.39, 0.29) is 0 Å². The third kappa shape index (κ3) is 2.54. The Morgan fingerprint density at radius 3 is 2.27 bits per heavy atom. The predicted molar refractivity (Wildman–Crippen MR) is 63.2 cm³/mol. The van der Waals surface area contributed by atoms with Gasteiger partial charge in [0.2, 0.25) is 0 Å². The molecule has 0 atom stereocenters. The van der Waals surface area contributed by atoms with Crippen LogP contribution in [0.15, 0.2) is 12.4 Å². The van der Waals surface area contributed by atoms with E-state index < -0.39 is 28.6 Å². The molecule has 1 rings (SSSR count). The molecule has 0 aliphatic heterocycles. The minimum atomic E-state index is -3.41. The molecule has 0 saturated carbocycles. The van der Waals surface area contributed by atoms with Crippen LogP contribution in [-0.2, 0) is 10.2 Å². The molecule has 0 spiro atoms. The van der Waals surface area contributed by atoms with Crippen LogP contribution in [0.5, 0.6) is 0 Å². The topological polar surface area (TPSA) is 55.2 Å². The van der Waals surface area contributed by atoms with Gasteiger partial charge in [-0.05, 0) is 0 Å². The maximum atomic E-state index is 11.9. The summed E-state index contributed by atoms with van der Waals surface area (Å²) < 4.78 is 27.1. The van der Waals surface area contributed by atoms with Gasteiger partial charge in [0, 0.05) is 0 Å². The van der Waals surface area contributed by atoms with Crippen molar-refractivity contribution < 1.29 is 8.42 Å². The Bertz CT molecular complexity index is 445. The first-order valence-electron chi connectivity index (χ1n) is 4.64. The van der Waals surface area contributed by atoms with Crippen LogP contribution in [0, 0.1) is 0 Å². The number of rotatable bonds is 3.